The molecule has 0 atom stereocenters. The van der Waals surface area contributed by atoms with Crippen LogP contribution in [0.1, 0.15) is 6.92 Å². The van der Waals surface area contributed by atoms with Gasteiger partial charge in [0.25, 0.3) is 0 Å². The lowest BCUT2D eigenvalue weighted by atomic mass is 9.91. The Kier molecular flexibility index (Phi) is 4.79. The molecule has 0 rings (SSSR count). The second-order valence-electron chi connectivity index (χ2n) is 4.35. The summed E-state index contributed by atoms with van der Waals surface area (Å²) in [6.45, 7) is -1.11. The summed E-state index contributed by atoms with van der Waals surface area (Å²) >= 11 is 0. The van der Waals surface area contributed by atoms with Crippen molar-refractivity contribution in [2.75, 3.05) is 0 Å². The van der Waals surface area contributed by atoms with Crippen LogP contribution in [0.25, 0.3) is 0 Å². The molecule has 0 saturated heterocycles. The van der Waals surface area contributed by atoms with Gasteiger partial charge in [0.05, 0.1) is 0 Å². The van der Waals surface area contributed by atoms with Gasteiger partial charge in [-0.25, -0.2) is 0 Å². The normalized spacial score (nSPS) is 16.7. The van der Waals surface area contributed by atoms with Crippen molar-refractivity contribution in [3.63, 3.8) is 0 Å². The first-order valence-corrected chi connectivity index (χ1v) is 4.90. The van der Waals surface area contributed by atoms with E-state index in [-0.39, 0.29) is 0 Å². The Bertz CT molecular complexity index is 404. The van der Waals surface area contributed by atoms with Crippen molar-refractivity contribution in [2.45, 2.75) is 48.5 Å². The van der Waals surface area contributed by atoms with Crippen LogP contribution in [-0.4, -0.2) is 51.8 Å². The number of halogens is 13. The van der Waals surface area contributed by atoms with Gasteiger partial charge in [0.15, 0.2) is 0 Å². The van der Waals surface area contributed by atoms with E-state index in [1.165, 1.54) is 0 Å². The van der Waals surface area contributed by atoms with Crippen LogP contribution in [0.4, 0.5) is 57.1 Å². The first kappa shape index (κ1) is 22.0. The van der Waals surface area contributed by atoms with Crippen molar-refractivity contribution in [3.8, 4) is 0 Å². The van der Waals surface area contributed by atoms with E-state index in [1.54, 1.807) is 0 Å². The number of hydrogen-bond donors (Lipinski definition) is 2. The molecule has 0 radical (unpaired) electrons. The summed E-state index contributed by atoms with van der Waals surface area (Å²) in [4.78, 5) is 0. The van der Waals surface area contributed by atoms with E-state index in [1.807, 2.05) is 0 Å². The summed E-state index contributed by atoms with van der Waals surface area (Å²) in [5.41, 5.74) is 0. The molecule has 0 heterocycles. The fraction of sp³-hybridized carbons (Fsp3) is 1.00. The van der Waals surface area contributed by atoms with Crippen molar-refractivity contribution < 1.29 is 67.3 Å². The third-order valence-corrected chi connectivity index (χ3v) is 2.53. The Morgan fingerprint density at radius 2 is 0.652 bits per heavy atom. The molecule has 15 heteroatoms. The number of alkyl halides is 13. The highest BCUT2D eigenvalue weighted by Gasteiger charge is 2.92. The maximum atomic E-state index is 12.8. The first-order valence-electron chi connectivity index (χ1n) is 4.90. The van der Waals surface area contributed by atoms with Crippen molar-refractivity contribution in [2.24, 2.45) is 0 Å². The van der Waals surface area contributed by atoms with Gasteiger partial charge in [0, 0.05) is 6.92 Å². The van der Waals surface area contributed by atoms with E-state index in [4.69, 9.17) is 10.2 Å². The predicted octanol–water partition coefficient (Wildman–Crippen LogP) is 3.43. The van der Waals surface area contributed by atoms with Crippen LogP contribution in [0.3, 0.4) is 0 Å². The van der Waals surface area contributed by atoms with Crippen molar-refractivity contribution in [1.29, 1.82) is 0 Å². The third-order valence-electron chi connectivity index (χ3n) is 2.53. The topological polar surface area (TPSA) is 40.5 Å². The maximum Gasteiger partial charge on any atom is 0.400 e. The molecule has 0 unspecified atom stereocenters. The van der Waals surface area contributed by atoms with Gasteiger partial charge in [-0.15, -0.1) is 0 Å². The number of aliphatic hydroxyl groups is 2. The fourth-order valence-electron chi connectivity index (χ4n) is 1.07. The quantitative estimate of drug-likeness (QED) is 0.548. The van der Waals surface area contributed by atoms with E-state index < -0.39 is 48.5 Å². The standard InChI is InChI=1S/C8H5F13O2/c1-2(9,10)3(11,12)4(13,14)5(15,16)6(17,18)7(19,20)8(21,22)23/h22-23H,1H3. The lowest BCUT2D eigenvalue weighted by Gasteiger charge is -2.41. The van der Waals surface area contributed by atoms with Crippen LogP contribution in [-0.2, 0) is 0 Å². The molecule has 140 valence electrons. The molecule has 0 fully saturated rings. The zero-order valence-electron chi connectivity index (χ0n) is 10.3. The molecule has 0 aliphatic rings. The Morgan fingerprint density at radius 3 is 0.870 bits per heavy atom. The molecule has 0 aromatic heterocycles. The summed E-state index contributed by atoms with van der Waals surface area (Å²) in [6.07, 6.45) is 0. The summed E-state index contributed by atoms with van der Waals surface area (Å²) in [5, 5.41) is 15.2. The maximum absolute atomic E-state index is 12.8. The fourth-order valence-corrected chi connectivity index (χ4v) is 1.07. The van der Waals surface area contributed by atoms with Crippen LogP contribution in [0, 0.1) is 0 Å². The molecule has 0 aliphatic carbocycles. The van der Waals surface area contributed by atoms with Crippen molar-refractivity contribution in [1.82, 2.24) is 0 Å². The van der Waals surface area contributed by atoms with E-state index in [0.29, 0.717) is 0 Å². The summed E-state index contributed by atoms with van der Waals surface area (Å²) in [5.74, 6) is -44.7. The van der Waals surface area contributed by atoms with Crippen LogP contribution in [0.15, 0.2) is 0 Å². The van der Waals surface area contributed by atoms with Gasteiger partial charge < -0.3 is 10.2 Å². The van der Waals surface area contributed by atoms with Gasteiger partial charge in [-0.05, 0) is 0 Å². The van der Waals surface area contributed by atoms with Crippen LogP contribution in [0.5, 0.6) is 0 Å². The van der Waals surface area contributed by atoms with Crippen molar-refractivity contribution in [3.05, 3.63) is 0 Å². The van der Waals surface area contributed by atoms with E-state index in [0.717, 1.165) is 0 Å². The smallest absolute Gasteiger partial charge is 0.335 e. The minimum atomic E-state index is -8.03. The molecule has 0 aliphatic heterocycles. The Morgan fingerprint density at radius 1 is 0.435 bits per heavy atom. The summed E-state index contributed by atoms with van der Waals surface area (Å²) in [7, 11) is 0. The molecule has 0 aromatic carbocycles. The number of hydrogen-bond acceptors (Lipinski definition) is 2. The highest BCUT2D eigenvalue weighted by atomic mass is 19.4. The van der Waals surface area contributed by atoms with Gasteiger partial charge >= 0.3 is 41.6 Å². The zero-order valence-corrected chi connectivity index (χ0v) is 10.3. The highest BCUT2D eigenvalue weighted by molar-refractivity contribution is 5.12. The highest BCUT2D eigenvalue weighted by Crippen LogP contribution is 2.61. The second kappa shape index (κ2) is 5.00. The van der Waals surface area contributed by atoms with Crippen LogP contribution < -0.4 is 0 Å². The van der Waals surface area contributed by atoms with Crippen LogP contribution in [0.2, 0.25) is 0 Å². The Balaban J connectivity index is 6.37. The van der Waals surface area contributed by atoms with Gasteiger partial charge in [0.1, 0.15) is 0 Å². The van der Waals surface area contributed by atoms with E-state index >= 15 is 0 Å². The molecule has 0 saturated carbocycles. The lowest BCUT2D eigenvalue weighted by molar-refractivity contribution is -0.473. The summed E-state index contributed by atoms with van der Waals surface area (Å²) < 4.78 is 164. The SMILES string of the molecule is CC(F)(F)C(F)(F)C(F)(F)C(F)(F)C(F)(F)C(F)(F)C(O)(O)F. The summed E-state index contributed by atoms with van der Waals surface area (Å²) in [6, 6.07) is -6.57. The van der Waals surface area contributed by atoms with Crippen molar-refractivity contribution >= 4 is 0 Å². The lowest BCUT2D eigenvalue weighted by Crippen LogP contribution is -2.73. The van der Waals surface area contributed by atoms with E-state index in [9.17, 15) is 57.1 Å². The monoisotopic (exact) mass is 380 g/mol. The molecule has 2 nitrogen and oxygen atoms in total. The van der Waals surface area contributed by atoms with Gasteiger partial charge in [-0.1, -0.05) is 0 Å². The largest absolute Gasteiger partial charge is 0.400 e. The van der Waals surface area contributed by atoms with Gasteiger partial charge in [0.2, 0.25) is 0 Å². The first-order chi connectivity index (χ1) is 9.50. The molecule has 0 aromatic rings. The molecular weight excluding hydrogens is 375 g/mol. The average molecular weight is 380 g/mol. The molecule has 0 spiro atoms. The molecule has 2 N–H and O–H groups in total. The molecular formula is C8H5F13O2. The zero-order chi connectivity index (χ0) is 19.5. The van der Waals surface area contributed by atoms with Gasteiger partial charge in [-0.2, -0.15) is 57.1 Å². The molecule has 23 heavy (non-hydrogen) atoms. The minimum Gasteiger partial charge on any atom is -0.335 e. The average Bonchev–Trinajstić information content (AvgIpc) is 2.24. The van der Waals surface area contributed by atoms with Crippen LogP contribution >= 0.6 is 0 Å². The predicted molar refractivity (Wildman–Crippen MR) is 43.6 cm³/mol. The minimum absolute atomic E-state index is 1.11. The van der Waals surface area contributed by atoms with Gasteiger partial charge in [-0.3, -0.25) is 0 Å². The molecule has 0 amide bonds. The molecule has 0 bridgehead atoms. The van der Waals surface area contributed by atoms with E-state index in [2.05, 4.69) is 0 Å². The number of rotatable bonds is 6. The Hall–Kier alpha value is -0.990. The Labute approximate surface area is 117 Å². The second-order valence-corrected chi connectivity index (χ2v) is 4.35. The third kappa shape index (κ3) is 2.70.